The quantitative estimate of drug-likeness (QED) is 0.161. The van der Waals surface area contributed by atoms with E-state index in [4.69, 9.17) is 10.9 Å². The van der Waals surface area contributed by atoms with Crippen molar-refractivity contribution < 1.29 is 24.0 Å². The third kappa shape index (κ3) is 5.06. The van der Waals surface area contributed by atoms with Crippen molar-refractivity contribution in [2.24, 2.45) is 28.6 Å². The number of aromatic amines is 1. The monoisotopic (exact) mass is 632 g/mol. The molecule has 6 unspecified atom stereocenters. The molecule has 2 aromatic heterocycles. The molecule has 4 aliphatic carbocycles. The maximum atomic E-state index is 12.4. The van der Waals surface area contributed by atoms with Gasteiger partial charge in [0.25, 0.3) is 0 Å². The summed E-state index contributed by atoms with van der Waals surface area (Å²) in [6.45, 7) is 4.71. The highest BCUT2D eigenvalue weighted by Gasteiger charge is 2.63. The summed E-state index contributed by atoms with van der Waals surface area (Å²) in [5.41, 5.74) is 4.47. The zero-order chi connectivity index (χ0) is 33.0. The molecule has 0 spiro atoms. The first-order valence-electron chi connectivity index (χ1n) is 16.4. The van der Waals surface area contributed by atoms with E-state index in [0.717, 1.165) is 44.3 Å². The molecular formula is C38H40N4O5. The number of hydrogen-bond donors (Lipinski definition) is 3. The summed E-state index contributed by atoms with van der Waals surface area (Å²) >= 11 is 0. The van der Waals surface area contributed by atoms with Gasteiger partial charge in [0.2, 0.25) is 5.95 Å². The molecule has 2 aromatic carbocycles. The van der Waals surface area contributed by atoms with Crippen molar-refractivity contribution >= 4 is 34.9 Å². The minimum atomic E-state index is -0.909. The maximum Gasteiger partial charge on any atom is 0.413 e. The Morgan fingerprint density at radius 2 is 1.87 bits per heavy atom. The number of nitrogens with zero attached hydrogens (tertiary/aromatic N) is 2. The van der Waals surface area contributed by atoms with Gasteiger partial charge in [-0.15, -0.1) is 6.42 Å². The number of ether oxygens (including phenoxy) is 1. The zero-order valence-electron chi connectivity index (χ0n) is 27.0. The molecule has 47 heavy (non-hydrogen) atoms. The second-order valence-electron chi connectivity index (χ2n) is 14.0. The highest BCUT2D eigenvalue weighted by Crippen LogP contribution is 2.67. The van der Waals surface area contributed by atoms with E-state index in [2.05, 4.69) is 51.0 Å². The van der Waals surface area contributed by atoms with Gasteiger partial charge in [-0.3, -0.25) is 10.1 Å². The number of H-pyrrole nitrogens is 1. The Morgan fingerprint density at radius 1 is 1.09 bits per heavy atom. The van der Waals surface area contributed by atoms with Crippen molar-refractivity contribution in [1.29, 1.82) is 0 Å². The minimum absolute atomic E-state index is 0.0698. The molecule has 1 amide bonds. The lowest BCUT2D eigenvalue weighted by molar-refractivity contribution is -0.0975. The molecule has 8 rings (SSSR count). The van der Waals surface area contributed by atoms with Crippen molar-refractivity contribution in [3.63, 3.8) is 0 Å². The summed E-state index contributed by atoms with van der Waals surface area (Å²) in [5.74, 6) is 5.84. The summed E-state index contributed by atoms with van der Waals surface area (Å²) in [6, 6.07) is 14.2. The van der Waals surface area contributed by atoms with Gasteiger partial charge in [0.15, 0.2) is 11.5 Å². The number of nitrogens with one attached hydrogen (secondary N) is 2. The van der Waals surface area contributed by atoms with Crippen LogP contribution < -0.4 is 5.32 Å². The number of terminal acetylenes is 1. The lowest BCUT2D eigenvalue weighted by Crippen LogP contribution is -2.54. The van der Waals surface area contributed by atoms with Crippen LogP contribution in [0.3, 0.4) is 0 Å². The number of rotatable bonds is 3. The SMILES string of the molecule is C#CC1(O)CCC2C3CCC4=Cc5oncc5CC4(C)C3CCC21C.COC(=O)Nc1nc2ccc(C(=O)c3ccccc3)cc2[nH]1. The summed E-state index contributed by atoms with van der Waals surface area (Å²) in [7, 11) is 1.27. The molecule has 242 valence electrons. The smallest absolute Gasteiger partial charge is 0.413 e. The van der Waals surface area contributed by atoms with Crippen molar-refractivity contribution in [3.8, 4) is 12.3 Å². The minimum Gasteiger partial charge on any atom is -0.453 e. The third-order valence-corrected chi connectivity index (χ3v) is 11.9. The van der Waals surface area contributed by atoms with E-state index in [9.17, 15) is 14.7 Å². The van der Waals surface area contributed by atoms with Gasteiger partial charge in [0.1, 0.15) is 5.60 Å². The highest BCUT2D eigenvalue weighted by molar-refractivity contribution is 6.10. The maximum absolute atomic E-state index is 12.4. The Balaban J connectivity index is 0.000000151. The van der Waals surface area contributed by atoms with Crippen molar-refractivity contribution in [3.05, 3.63) is 82.8 Å². The van der Waals surface area contributed by atoms with E-state index in [-0.39, 0.29) is 22.6 Å². The van der Waals surface area contributed by atoms with Crippen LogP contribution in [0.25, 0.3) is 17.1 Å². The van der Waals surface area contributed by atoms with Gasteiger partial charge in [0, 0.05) is 22.1 Å². The number of carbonyl (C=O) groups is 2. The number of hydrogen-bond acceptors (Lipinski definition) is 7. The molecule has 9 heteroatoms. The van der Waals surface area contributed by atoms with E-state index >= 15 is 0 Å². The summed E-state index contributed by atoms with van der Waals surface area (Å²) in [6.07, 6.45) is 16.8. The van der Waals surface area contributed by atoms with Crippen LogP contribution in [-0.2, 0) is 11.2 Å². The van der Waals surface area contributed by atoms with Gasteiger partial charge in [-0.1, -0.05) is 60.8 Å². The molecule has 3 saturated carbocycles. The number of benzene rings is 2. The summed E-state index contributed by atoms with van der Waals surface area (Å²) in [5, 5.41) is 17.5. The predicted molar refractivity (Wildman–Crippen MR) is 178 cm³/mol. The first-order valence-corrected chi connectivity index (χ1v) is 16.4. The fraction of sp³-hybridized carbons (Fsp3) is 0.421. The molecular weight excluding hydrogens is 592 g/mol. The third-order valence-electron chi connectivity index (χ3n) is 11.9. The summed E-state index contributed by atoms with van der Waals surface area (Å²) < 4.78 is 9.94. The van der Waals surface area contributed by atoms with Crippen LogP contribution in [0.4, 0.5) is 10.7 Å². The summed E-state index contributed by atoms with van der Waals surface area (Å²) in [4.78, 5) is 30.7. The molecule has 0 bridgehead atoms. The topological polar surface area (TPSA) is 130 Å². The molecule has 4 aliphatic rings. The first kappa shape index (κ1) is 30.9. The molecule has 0 aliphatic heterocycles. The van der Waals surface area contributed by atoms with Crippen molar-refractivity contribution in [2.45, 2.75) is 64.4 Å². The normalized spacial score (nSPS) is 30.3. The number of methoxy groups -OCH3 is 1. The standard InChI is InChI=1S/C22H27NO2.C16H13N3O3/c1-4-22(24)10-8-18-16-6-5-15-11-19-14(13-23-25-19)12-20(15,2)17(16)7-9-21(18,22)3;1-22-16(21)19-15-17-12-8-7-11(9-13(12)18-15)14(20)10-5-3-2-4-6-10/h1,11,13,16-18,24H,5-10,12H2,2-3H3;2-9H,1H3,(H2,17,18,19,21). The first-order chi connectivity index (χ1) is 22.6. The van der Waals surface area contributed by atoms with Gasteiger partial charge < -0.3 is 19.4 Å². The second kappa shape index (κ2) is 11.5. The molecule has 4 aromatic rings. The Labute approximate surface area is 274 Å². The molecule has 2 heterocycles. The van der Waals surface area contributed by atoms with E-state index in [1.165, 1.54) is 19.1 Å². The van der Waals surface area contributed by atoms with Crippen LogP contribution in [0.1, 0.15) is 79.6 Å². The van der Waals surface area contributed by atoms with E-state index in [1.54, 1.807) is 35.9 Å². The molecule has 9 nitrogen and oxygen atoms in total. The Hall–Kier alpha value is -4.68. The largest absolute Gasteiger partial charge is 0.453 e. The Kier molecular flexibility index (Phi) is 7.59. The number of carbonyl (C=O) groups excluding carboxylic acids is 2. The predicted octanol–water partition coefficient (Wildman–Crippen LogP) is 7.19. The molecule has 6 atom stereocenters. The van der Waals surface area contributed by atoms with Crippen molar-refractivity contribution in [1.82, 2.24) is 15.1 Å². The lowest BCUT2D eigenvalue weighted by Gasteiger charge is -2.58. The zero-order valence-corrected chi connectivity index (χ0v) is 27.0. The van der Waals surface area contributed by atoms with Crippen LogP contribution in [0, 0.1) is 40.9 Å². The molecule has 0 saturated heterocycles. The van der Waals surface area contributed by atoms with Crippen LogP contribution in [-0.4, -0.2) is 44.8 Å². The number of allylic oxidation sites excluding steroid dienone is 1. The van der Waals surface area contributed by atoms with Crippen molar-refractivity contribution in [2.75, 3.05) is 12.4 Å². The van der Waals surface area contributed by atoms with E-state index in [1.807, 2.05) is 24.4 Å². The van der Waals surface area contributed by atoms with E-state index in [0.29, 0.717) is 39.9 Å². The Bertz CT molecular complexity index is 1920. The van der Waals surface area contributed by atoms with Gasteiger partial charge in [-0.2, -0.15) is 0 Å². The number of anilines is 1. The Morgan fingerprint density at radius 3 is 2.64 bits per heavy atom. The lowest BCUT2D eigenvalue weighted by atomic mass is 9.46. The fourth-order valence-electron chi connectivity index (χ4n) is 9.25. The van der Waals surface area contributed by atoms with Crippen LogP contribution in [0.15, 0.2) is 64.8 Å². The number of fused-ring (bicyclic) bond motifs is 7. The number of aliphatic hydroxyl groups is 1. The number of ketones is 1. The van der Waals surface area contributed by atoms with Gasteiger partial charge in [-0.25, -0.2) is 9.78 Å². The van der Waals surface area contributed by atoms with Gasteiger partial charge in [-0.05, 0) is 92.4 Å². The molecule has 3 fully saturated rings. The second-order valence-corrected chi connectivity index (χ2v) is 14.0. The van der Waals surface area contributed by atoms with Gasteiger partial charge >= 0.3 is 6.09 Å². The highest BCUT2D eigenvalue weighted by atomic mass is 16.5. The molecule has 3 N–H and O–H groups in total. The van der Waals surface area contributed by atoms with Gasteiger partial charge in [0.05, 0.1) is 24.3 Å². The van der Waals surface area contributed by atoms with E-state index < -0.39 is 11.7 Å². The van der Waals surface area contributed by atoms with Crippen LogP contribution >= 0.6 is 0 Å². The number of imidazole rings is 1. The average molecular weight is 633 g/mol. The number of aromatic nitrogens is 3. The average Bonchev–Trinajstić information content (AvgIpc) is 3.78. The van der Waals surface area contributed by atoms with Crippen LogP contribution in [0.5, 0.6) is 0 Å². The molecule has 0 radical (unpaired) electrons. The fourth-order valence-corrected chi connectivity index (χ4v) is 9.25. The van der Waals surface area contributed by atoms with Crippen LogP contribution in [0.2, 0.25) is 0 Å². The number of amides is 1.